The zero-order valence-electron chi connectivity index (χ0n) is 13.3. The summed E-state index contributed by atoms with van der Waals surface area (Å²) in [6.45, 7) is 0.583. The number of para-hydroxylation sites is 2. The summed E-state index contributed by atoms with van der Waals surface area (Å²) in [5.41, 5.74) is 3.58. The Bertz CT molecular complexity index is 1060. The molecule has 4 rings (SSSR count). The van der Waals surface area contributed by atoms with Gasteiger partial charge in [0.2, 0.25) is 0 Å². The van der Waals surface area contributed by atoms with Crippen molar-refractivity contribution in [2.24, 2.45) is 0 Å². The van der Waals surface area contributed by atoms with E-state index < -0.39 is 0 Å². The number of nitriles is 1. The van der Waals surface area contributed by atoms with E-state index >= 15 is 0 Å². The number of anilines is 1. The highest BCUT2D eigenvalue weighted by molar-refractivity contribution is 5.76. The van der Waals surface area contributed by atoms with Crippen LogP contribution in [0.25, 0.3) is 16.9 Å². The number of pyridine rings is 2. The molecular formula is C19H14N6. The van der Waals surface area contributed by atoms with Crippen LogP contribution in [0.15, 0.2) is 67.3 Å². The number of imidazole rings is 1. The Kier molecular flexibility index (Phi) is 3.81. The minimum absolute atomic E-state index is 0.581. The molecule has 0 atom stereocenters. The molecule has 0 amide bonds. The second kappa shape index (κ2) is 6.42. The van der Waals surface area contributed by atoms with E-state index in [0.717, 1.165) is 22.4 Å². The predicted molar refractivity (Wildman–Crippen MR) is 95.1 cm³/mol. The van der Waals surface area contributed by atoms with Gasteiger partial charge in [0.25, 0.3) is 0 Å². The quantitative estimate of drug-likeness (QED) is 0.622. The van der Waals surface area contributed by atoms with Crippen molar-refractivity contribution in [3.8, 4) is 11.9 Å². The van der Waals surface area contributed by atoms with Gasteiger partial charge in [-0.2, -0.15) is 5.26 Å². The van der Waals surface area contributed by atoms with Crippen LogP contribution in [0.1, 0.15) is 11.1 Å². The highest BCUT2D eigenvalue weighted by Crippen LogP contribution is 2.16. The molecule has 120 valence electrons. The second-order valence-corrected chi connectivity index (χ2v) is 5.52. The topological polar surface area (TPSA) is 79.4 Å². The number of nitrogens with zero attached hydrogens (tertiary/aromatic N) is 5. The maximum atomic E-state index is 8.92. The molecule has 6 heteroatoms. The molecule has 0 aliphatic rings. The van der Waals surface area contributed by atoms with Gasteiger partial charge in [0.1, 0.15) is 18.0 Å². The Morgan fingerprint density at radius 3 is 2.80 bits per heavy atom. The number of hydrogen-bond donors (Lipinski definition) is 1. The van der Waals surface area contributed by atoms with Crippen LogP contribution in [0.4, 0.5) is 5.82 Å². The van der Waals surface area contributed by atoms with Crippen molar-refractivity contribution in [3.05, 3.63) is 78.4 Å². The first-order valence-corrected chi connectivity index (χ1v) is 7.81. The molecule has 0 fully saturated rings. The van der Waals surface area contributed by atoms with Crippen molar-refractivity contribution in [3.63, 3.8) is 0 Å². The van der Waals surface area contributed by atoms with E-state index in [0.29, 0.717) is 17.9 Å². The molecule has 1 N–H and O–H groups in total. The van der Waals surface area contributed by atoms with Gasteiger partial charge in [0.15, 0.2) is 0 Å². The molecule has 6 nitrogen and oxygen atoms in total. The minimum atomic E-state index is 0.581. The summed E-state index contributed by atoms with van der Waals surface area (Å²) in [7, 11) is 0. The molecule has 25 heavy (non-hydrogen) atoms. The molecular weight excluding hydrogens is 312 g/mol. The fourth-order valence-electron chi connectivity index (χ4n) is 2.59. The fourth-order valence-corrected chi connectivity index (χ4v) is 2.59. The minimum Gasteiger partial charge on any atom is -0.366 e. The van der Waals surface area contributed by atoms with E-state index in [4.69, 9.17) is 5.26 Å². The van der Waals surface area contributed by atoms with Gasteiger partial charge in [-0.25, -0.2) is 15.0 Å². The molecule has 0 saturated heterocycles. The summed E-state index contributed by atoms with van der Waals surface area (Å²) in [5.74, 6) is 1.49. The molecule has 0 saturated carbocycles. The van der Waals surface area contributed by atoms with E-state index in [1.807, 2.05) is 47.2 Å². The SMILES string of the molecule is N#Cc1ccnc(NCc2ccc(-n3cnc4ccccc43)nc2)c1. The van der Waals surface area contributed by atoms with Crippen molar-refractivity contribution < 1.29 is 0 Å². The third-order valence-corrected chi connectivity index (χ3v) is 3.87. The van der Waals surface area contributed by atoms with Crippen molar-refractivity contribution in [1.29, 1.82) is 5.26 Å². The smallest absolute Gasteiger partial charge is 0.138 e. The highest BCUT2D eigenvalue weighted by Gasteiger charge is 2.05. The van der Waals surface area contributed by atoms with Crippen LogP contribution in [0.5, 0.6) is 0 Å². The predicted octanol–water partition coefficient (Wildman–Crippen LogP) is 3.30. The van der Waals surface area contributed by atoms with Crippen LogP contribution in [0, 0.1) is 11.3 Å². The number of aromatic nitrogens is 4. The number of nitrogens with one attached hydrogen (secondary N) is 1. The van der Waals surface area contributed by atoms with Gasteiger partial charge in [0.05, 0.1) is 22.7 Å². The van der Waals surface area contributed by atoms with Crippen molar-refractivity contribution in [1.82, 2.24) is 19.5 Å². The van der Waals surface area contributed by atoms with Gasteiger partial charge < -0.3 is 5.32 Å². The normalized spacial score (nSPS) is 10.5. The van der Waals surface area contributed by atoms with Gasteiger partial charge >= 0.3 is 0 Å². The Morgan fingerprint density at radius 2 is 1.96 bits per heavy atom. The average Bonchev–Trinajstić information content (AvgIpc) is 3.11. The molecule has 3 aromatic heterocycles. The van der Waals surface area contributed by atoms with Crippen LogP contribution >= 0.6 is 0 Å². The third kappa shape index (κ3) is 3.03. The molecule has 4 aromatic rings. The van der Waals surface area contributed by atoms with E-state index in [9.17, 15) is 0 Å². The third-order valence-electron chi connectivity index (χ3n) is 3.87. The lowest BCUT2D eigenvalue weighted by Gasteiger charge is -2.07. The molecule has 0 aliphatic carbocycles. The first-order valence-electron chi connectivity index (χ1n) is 7.81. The maximum Gasteiger partial charge on any atom is 0.138 e. The van der Waals surface area contributed by atoms with Crippen LogP contribution < -0.4 is 5.32 Å². The molecule has 0 radical (unpaired) electrons. The first kappa shape index (κ1) is 14.8. The van der Waals surface area contributed by atoms with Gasteiger partial charge in [-0.05, 0) is 35.9 Å². The molecule has 0 aliphatic heterocycles. The van der Waals surface area contributed by atoms with Crippen LogP contribution in [0.3, 0.4) is 0 Å². The zero-order chi connectivity index (χ0) is 17.1. The standard InChI is InChI=1S/C19H14N6/c20-10-14-7-8-21-18(9-14)22-11-15-5-6-19(23-12-15)25-13-24-16-3-1-2-4-17(16)25/h1-9,12-13H,11H2,(H,21,22). The zero-order valence-corrected chi connectivity index (χ0v) is 13.3. The largest absolute Gasteiger partial charge is 0.366 e. The monoisotopic (exact) mass is 326 g/mol. The summed E-state index contributed by atoms with van der Waals surface area (Å²) in [4.78, 5) is 13.1. The Morgan fingerprint density at radius 1 is 1.04 bits per heavy atom. The van der Waals surface area contributed by atoms with E-state index in [1.54, 1.807) is 24.7 Å². The first-order chi connectivity index (χ1) is 12.3. The van der Waals surface area contributed by atoms with Gasteiger partial charge in [-0.15, -0.1) is 0 Å². The Balaban J connectivity index is 1.51. The molecule has 0 spiro atoms. The summed E-state index contributed by atoms with van der Waals surface area (Å²) in [6, 6.07) is 17.4. The summed E-state index contributed by atoms with van der Waals surface area (Å²) in [6.07, 6.45) is 5.22. The Labute approximate surface area is 144 Å². The van der Waals surface area contributed by atoms with Gasteiger partial charge in [-0.1, -0.05) is 18.2 Å². The van der Waals surface area contributed by atoms with Crippen molar-refractivity contribution >= 4 is 16.9 Å². The summed E-state index contributed by atoms with van der Waals surface area (Å²) >= 11 is 0. The molecule has 0 unspecified atom stereocenters. The highest BCUT2D eigenvalue weighted by atomic mass is 15.1. The Hall–Kier alpha value is -3.72. The van der Waals surface area contributed by atoms with Gasteiger partial charge in [0, 0.05) is 18.9 Å². The molecule has 0 bridgehead atoms. The number of benzene rings is 1. The maximum absolute atomic E-state index is 8.92. The van der Waals surface area contributed by atoms with E-state index in [-0.39, 0.29) is 0 Å². The molecule has 1 aromatic carbocycles. The van der Waals surface area contributed by atoms with Gasteiger partial charge in [-0.3, -0.25) is 4.57 Å². The second-order valence-electron chi connectivity index (χ2n) is 5.52. The number of fused-ring (bicyclic) bond motifs is 1. The fraction of sp³-hybridized carbons (Fsp3) is 0.0526. The summed E-state index contributed by atoms with van der Waals surface area (Å²) < 4.78 is 1.96. The van der Waals surface area contributed by atoms with E-state index in [1.165, 1.54) is 0 Å². The van der Waals surface area contributed by atoms with Crippen LogP contribution in [-0.4, -0.2) is 19.5 Å². The lowest BCUT2D eigenvalue weighted by molar-refractivity contribution is 1.000. The number of hydrogen-bond acceptors (Lipinski definition) is 5. The number of rotatable bonds is 4. The molecule has 3 heterocycles. The lowest BCUT2D eigenvalue weighted by atomic mass is 10.2. The summed E-state index contributed by atoms with van der Waals surface area (Å²) in [5, 5.41) is 12.1. The van der Waals surface area contributed by atoms with Crippen molar-refractivity contribution in [2.75, 3.05) is 5.32 Å². The van der Waals surface area contributed by atoms with Crippen LogP contribution in [-0.2, 0) is 6.54 Å². The van der Waals surface area contributed by atoms with Crippen LogP contribution in [0.2, 0.25) is 0 Å². The lowest BCUT2D eigenvalue weighted by Crippen LogP contribution is -2.03. The average molecular weight is 326 g/mol. The van der Waals surface area contributed by atoms with Crippen molar-refractivity contribution in [2.45, 2.75) is 6.54 Å². The van der Waals surface area contributed by atoms with E-state index in [2.05, 4.69) is 26.3 Å².